The van der Waals surface area contributed by atoms with E-state index in [0.717, 1.165) is 11.3 Å². The standard InChI is InChI=1S/C30H25Cl2N3O3/c31-23-18-22(19-24(32)20-23)28-12-10-25(38-28)11-13-29(36)33-26-8-4-5-9-27(26)34-14-16-35(17-15-34)30(37)21-6-2-1-3-7-21/h1-13,18-20H,14-17H2,(H,33,36)/b13-11+. The molecule has 8 heteroatoms. The lowest BCUT2D eigenvalue weighted by molar-refractivity contribution is -0.111. The molecule has 0 atom stereocenters. The van der Waals surface area contributed by atoms with Crippen molar-refractivity contribution < 1.29 is 14.0 Å². The van der Waals surface area contributed by atoms with Crippen molar-refractivity contribution in [1.29, 1.82) is 0 Å². The Kier molecular flexibility index (Phi) is 7.82. The van der Waals surface area contributed by atoms with E-state index in [1.54, 1.807) is 36.4 Å². The molecule has 1 N–H and O–H groups in total. The summed E-state index contributed by atoms with van der Waals surface area (Å²) in [4.78, 5) is 29.6. The fraction of sp³-hybridized carbons (Fsp3) is 0.133. The Morgan fingerprint density at radius 3 is 2.24 bits per heavy atom. The molecule has 0 aliphatic carbocycles. The lowest BCUT2D eigenvalue weighted by Gasteiger charge is -2.37. The molecule has 6 nitrogen and oxygen atoms in total. The molecule has 0 unspecified atom stereocenters. The van der Waals surface area contributed by atoms with Crippen LogP contribution < -0.4 is 10.2 Å². The number of piperazine rings is 1. The second kappa shape index (κ2) is 11.6. The molecule has 0 bridgehead atoms. The molecular weight excluding hydrogens is 521 g/mol. The van der Waals surface area contributed by atoms with Gasteiger partial charge in [-0.1, -0.05) is 53.5 Å². The van der Waals surface area contributed by atoms with Gasteiger partial charge >= 0.3 is 0 Å². The highest BCUT2D eigenvalue weighted by Crippen LogP contribution is 2.29. The summed E-state index contributed by atoms with van der Waals surface area (Å²) < 4.78 is 5.84. The lowest BCUT2D eigenvalue weighted by Crippen LogP contribution is -2.49. The van der Waals surface area contributed by atoms with E-state index >= 15 is 0 Å². The minimum atomic E-state index is -0.279. The van der Waals surface area contributed by atoms with Gasteiger partial charge in [0.05, 0.1) is 11.4 Å². The number of nitrogens with zero attached hydrogens (tertiary/aromatic N) is 2. The van der Waals surface area contributed by atoms with Crippen molar-refractivity contribution in [1.82, 2.24) is 4.90 Å². The summed E-state index contributed by atoms with van der Waals surface area (Å²) in [6.45, 7) is 2.55. The van der Waals surface area contributed by atoms with Gasteiger partial charge in [-0.2, -0.15) is 0 Å². The minimum Gasteiger partial charge on any atom is -0.457 e. The molecule has 3 aromatic carbocycles. The van der Waals surface area contributed by atoms with Crippen LogP contribution >= 0.6 is 23.2 Å². The van der Waals surface area contributed by atoms with Gasteiger partial charge in [-0.3, -0.25) is 9.59 Å². The number of furan rings is 1. The predicted molar refractivity (Wildman–Crippen MR) is 153 cm³/mol. The summed E-state index contributed by atoms with van der Waals surface area (Å²) >= 11 is 12.2. The van der Waals surface area contributed by atoms with Crippen molar-refractivity contribution in [3.63, 3.8) is 0 Å². The maximum atomic E-state index is 12.8. The number of nitrogens with one attached hydrogen (secondary N) is 1. The van der Waals surface area contributed by atoms with Crippen molar-refractivity contribution in [2.24, 2.45) is 0 Å². The normalized spacial score (nSPS) is 13.6. The Bertz CT molecular complexity index is 1450. The van der Waals surface area contributed by atoms with Gasteiger partial charge in [-0.15, -0.1) is 0 Å². The van der Waals surface area contributed by atoms with Crippen molar-refractivity contribution in [2.75, 3.05) is 36.4 Å². The molecule has 0 saturated carbocycles. The second-order valence-electron chi connectivity index (χ2n) is 8.85. The molecule has 1 aliphatic heterocycles. The summed E-state index contributed by atoms with van der Waals surface area (Å²) in [5, 5.41) is 4.00. The number of rotatable bonds is 6. The average molecular weight is 546 g/mol. The minimum absolute atomic E-state index is 0.0384. The first-order valence-electron chi connectivity index (χ1n) is 12.2. The SMILES string of the molecule is O=C(/C=C/c1ccc(-c2cc(Cl)cc(Cl)c2)o1)Nc1ccccc1N1CCN(C(=O)c2ccccc2)CC1. The highest BCUT2D eigenvalue weighted by molar-refractivity contribution is 6.35. The van der Waals surface area contributed by atoms with Gasteiger partial charge in [0.1, 0.15) is 11.5 Å². The van der Waals surface area contributed by atoms with Gasteiger partial charge in [-0.05, 0) is 60.7 Å². The molecule has 1 fully saturated rings. The molecule has 1 aliphatic rings. The zero-order valence-electron chi connectivity index (χ0n) is 20.4. The van der Waals surface area contributed by atoms with E-state index < -0.39 is 0 Å². The van der Waals surface area contributed by atoms with Crippen molar-refractivity contribution in [3.05, 3.63) is 112 Å². The number of carbonyl (C=O) groups is 2. The van der Waals surface area contributed by atoms with Gasteiger partial charge in [-0.25, -0.2) is 0 Å². The van der Waals surface area contributed by atoms with Crippen LogP contribution in [0, 0.1) is 0 Å². The fourth-order valence-corrected chi connectivity index (χ4v) is 4.92. The molecule has 0 radical (unpaired) electrons. The summed E-state index contributed by atoms with van der Waals surface area (Å²) in [5.41, 5.74) is 3.07. The monoisotopic (exact) mass is 545 g/mol. The zero-order chi connectivity index (χ0) is 26.5. The Morgan fingerprint density at radius 1 is 0.816 bits per heavy atom. The first kappa shape index (κ1) is 25.6. The number of para-hydroxylation sites is 2. The van der Waals surface area contributed by atoms with E-state index in [-0.39, 0.29) is 11.8 Å². The van der Waals surface area contributed by atoms with Crippen LogP contribution in [0.3, 0.4) is 0 Å². The predicted octanol–water partition coefficient (Wildman–Crippen LogP) is 6.87. The van der Waals surface area contributed by atoms with E-state index in [1.807, 2.05) is 59.5 Å². The zero-order valence-corrected chi connectivity index (χ0v) is 22.0. The topological polar surface area (TPSA) is 65.8 Å². The van der Waals surface area contributed by atoms with E-state index in [4.69, 9.17) is 27.6 Å². The van der Waals surface area contributed by atoms with Crippen LogP contribution in [-0.2, 0) is 4.79 Å². The van der Waals surface area contributed by atoms with Gasteiger partial charge in [0, 0.05) is 53.4 Å². The van der Waals surface area contributed by atoms with E-state index in [2.05, 4.69) is 10.2 Å². The summed E-state index contributed by atoms with van der Waals surface area (Å²) in [7, 11) is 0. The molecule has 4 aromatic rings. The van der Waals surface area contributed by atoms with E-state index in [9.17, 15) is 9.59 Å². The third-order valence-electron chi connectivity index (χ3n) is 6.26. The van der Waals surface area contributed by atoms with Crippen LogP contribution in [0.5, 0.6) is 0 Å². The summed E-state index contributed by atoms with van der Waals surface area (Å²) in [5.74, 6) is 0.888. The third-order valence-corrected chi connectivity index (χ3v) is 6.70. The van der Waals surface area contributed by atoms with Crippen LogP contribution in [0.4, 0.5) is 11.4 Å². The number of halogens is 2. The van der Waals surface area contributed by atoms with Crippen molar-refractivity contribution >= 4 is 52.5 Å². The molecule has 0 spiro atoms. The maximum absolute atomic E-state index is 12.8. The first-order valence-corrected chi connectivity index (χ1v) is 13.0. The number of anilines is 2. The number of hydrogen-bond acceptors (Lipinski definition) is 4. The molecule has 1 aromatic heterocycles. The highest BCUT2D eigenvalue weighted by atomic mass is 35.5. The van der Waals surface area contributed by atoms with Crippen LogP contribution in [-0.4, -0.2) is 42.9 Å². The third kappa shape index (κ3) is 6.10. The van der Waals surface area contributed by atoms with Gasteiger partial charge < -0.3 is 19.5 Å². The average Bonchev–Trinajstić information content (AvgIpc) is 3.41. The Hall–Kier alpha value is -4.00. The fourth-order valence-electron chi connectivity index (χ4n) is 4.39. The molecule has 2 heterocycles. The quantitative estimate of drug-likeness (QED) is 0.268. The van der Waals surface area contributed by atoms with Crippen LogP contribution in [0.25, 0.3) is 17.4 Å². The summed E-state index contributed by atoms with van der Waals surface area (Å²) in [6.07, 6.45) is 3.04. The molecule has 192 valence electrons. The van der Waals surface area contributed by atoms with E-state index in [0.29, 0.717) is 59.0 Å². The number of benzene rings is 3. The summed E-state index contributed by atoms with van der Waals surface area (Å²) in [6, 6.07) is 25.7. The number of amides is 2. The highest BCUT2D eigenvalue weighted by Gasteiger charge is 2.23. The van der Waals surface area contributed by atoms with Crippen LogP contribution in [0.1, 0.15) is 16.1 Å². The lowest BCUT2D eigenvalue weighted by atomic mass is 10.1. The Morgan fingerprint density at radius 2 is 1.50 bits per heavy atom. The van der Waals surface area contributed by atoms with Crippen LogP contribution in [0.15, 0.2) is 95.4 Å². The molecule has 2 amide bonds. The Labute approximate surface area is 231 Å². The first-order chi connectivity index (χ1) is 18.5. The molecule has 38 heavy (non-hydrogen) atoms. The molecular formula is C30H25Cl2N3O3. The van der Waals surface area contributed by atoms with E-state index in [1.165, 1.54) is 6.08 Å². The molecule has 1 saturated heterocycles. The largest absolute Gasteiger partial charge is 0.457 e. The number of carbonyl (C=O) groups excluding carboxylic acids is 2. The number of hydrogen-bond donors (Lipinski definition) is 1. The van der Waals surface area contributed by atoms with Crippen LogP contribution in [0.2, 0.25) is 10.0 Å². The smallest absolute Gasteiger partial charge is 0.253 e. The second-order valence-corrected chi connectivity index (χ2v) is 9.72. The molecule has 5 rings (SSSR count). The maximum Gasteiger partial charge on any atom is 0.253 e. The van der Waals surface area contributed by atoms with Gasteiger partial charge in [0.15, 0.2) is 0 Å². The van der Waals surface area contributed by atoms with Gasteiger partial charge in [0.25, 0.3) is 5.91 Å². The van der Waals surface area contributed by atoms with Gasteiger partial charge in [0.2, 0.25) is 5.91 Å². The van der Waals surface area contributed by atoms with Crippen molar-refractivity contribution in [2.45, 2.75) is 0 Å². The Balaban J connectivity index is 1.21. The van der Waals surface area contributed by atoms with Crippen molar-refractivity contribution in [3.8, 4) is 11.3 Å².